The van der Waals surface area contributed by atoms with Crippen LogP contribution >= 0.6 is 11.8 Å². The Hall–Kier alpha value is -3.13. The Kier molecular flexibility index (Phi) is 5.11. The Morgan fingerprint density at radius 3 is 2.57 bits per heavy atom. The summed E-state index contributed by atoms with van der Waals surface area (Å²) in [5, 5.41) is 10.1. The third kappa shape index (κ3) is 3.59. The van der Waals surface area contributed by atoms with Crippen LogP contribution in [0.5, 0.6) is 0 Å². The van der Waals surface area contributed by atoms with Crippen LogP contribution < -0.4 is 10.2 Å². The number of benzene rings is 2. The van der Waals surface area contributed by atoms with Crippen molar-refractivity contribution in [2.45, 2.75) is 43.6 Å². The minimum absolute atomic E-state index is 0.172. The van der Waals surface area contributed by atoms with Gasteiger partial charge in [0.25, 0.3) is 0 Å². The molecule has 0 spiro atoms. The summed E-state index contributed by atoms with van der Waals surface area (Å²) >= 11 is 1.26. The molecule has 3 aromatic rings. The fraction of sp³-hybridized carbons (Fsp3) is 0.273. The minimum Gasteiger partial charge on any atom is -0.322 e. The molecule has 1 aromatic heterocycles. The molecule has 2 N–H and O–H groups in total. The Morgan fingerprint density at radius 1 is 1.13 bits per heavy atom. The van der Waals surface area contributed by atoms with Crippen LogP contribution in [-0.4, -0.2) is 37.8 Å². The Labute approximate surface area is 179 Å². The molecule has 0 bridgehead atoms. The summed E-state index contributed by atoms with van der Waals surface area (Å²) in [7, 11) is 0. The maximum Gasteiger partial charge on any atom is 0.250 e. The van der Waals surface area contributed by atoms with E-state index in [4.69, 9.17) is 0 Å². The van der Waals surface area contributed by atoms with E-state index in [0.29, 0.717) is 22.4 Å². The predicted molar refractivity (Wildman–Crippen MR) is 119 cm³/mol. The Balaban J connectivity index is 1.57. The number of hydrogen-bond acceptors (Lipinski definition) is 5. The van der Waals surface area contributed by atoms with E-state index in [0.717, 1.165) is 5.56 Å². The van der Waals surface area contributed by atoms with Gasteiger partial charge in [-0.15, -0.1) is 5.10 Å². The van der Waals surface area contributed by atoms with Gasteiger partial charge in [-0.3, -0.25) is 19.6 Å². The van der Waals surface area contributed by atoms with Crippen LogP contribution in [-0.2, 0) is 9.59 Å². The second-order valence-corrected chi connectivity index (χ2v) is 9.10. The van der Waals surface area contributed by atoms with E-state index in [2.05, 4.69) is 20.5 Å². The van der Waals surface area contributed by atoms with Gasteiger partial charge in [0.05, 0.1) is 16.6 Å². The number of para-hydroxylation sites is 2. The molecule has 1 aliphatic heterocycles. The highest BCUT2D eigenvalue weighted by atomic mass is 32.2. The standard InChI is InChI=1S/C22H23N5O2S/c1-13-9-11-15(12-10-13)18-24-21(26-25-18)30-14(2)19(28)27-17-8-6-5-7-16(17)23-20(29)22(27,3)4/h5-12,14H,1-4H3,(H,23,29)(H,24,25,26)/t14-/m1/s1. The fourth-order valence-corrected chi connectivity index (χ4v) is 4.14. The zero-order valence-electron chi connectivity index (χ0n) is 17.3. The molecule has 8 heteroatoms. The third-order valence-electron chi connectivity index (χ3n) is 5.15. The molecule has 0 saturated heterocycles. The van der Waals surface area contributed by atoms with Gasteiger partial charge in [-0.25, -0.2) is 4.98 Å². The largest absolute Gasteiger partial charge is 0.322 e. The molecule has 7 nitrogen and oxygen atoms in total. The Morgan fingerprint density at radius 2 is 1.83 bits per heavy atom. The third-order valence-corrected chi connectivity index (χ3v) is 6.10. The zero-order valence-corrected chi connectivity index (χ0v) is 18.1. The van der Waals surface area contributed by atoms with Crippen LogP contribution in [0.1, 0.15) is 26.3 Å². The number of fused-ring (bicyclic) bond motifs is 1. The molecule has 0 aliphatic carbocycles. The van der Waals surface area contributed by atoms with Crippen molar-refractivity contribution in [3.63, 3.8) is 0 Å². The van der Waals surface area contributed by atoms with Crippen molar-refractivity contribution in [3.05, 3.63) is 54.1 Å². The molecule has 0 saturated carbocycles. The van der Waals surface area contributed by atoms with Gasteiger partial charge in [-0.1, -0.05) is 53.7 Å². The lowest BCUT2D eigenvalue weighted by Crippen LogP contribution is -2.60. The zero-order chi connectivity index (χ0) is 21.5. The van der Waals surface area contributed by atoms with E-state index in [-0.39, 0.29) is 11.8 Å². The van der Waals surface area contributed by atoms with Gasteiger partial charge in [-0.2, -0.15) is 0 Å². The summed E-state index contributed by atoms with van der Waals surface area (Å²) in [6.07, 6.45) is 0. The summed E-state index contributed by atoms with van der Waals surface area (Å²) in [4.78, 5) is 32.1. The van der Waals surface area contributed by atoms with Crippen molar-refractivity contribution < 1.29 is 9.59 Å². The second kappa shape index (κ2) is 7.60. The molecule has 0 unspecified atom stereocenters. The average Bonchev–Trinajstić information content (AvgIpc) is 3.17. The summed E-state index contributed by atoms with van der Waals surface area (Å²) in [5.74, 6) is 0.264. The van der Waals surface area contributed by atoms with Crippen molar-refractivity contribution in [1.82, 2.24) is 15.2 Å². The average molecular weight is 422 g/mol. The SMILES string of the molecule is Cc1ccc(-c2nc(S[C@H](C)C(=O)N3c4ccccc4NC(=O)C3(C)C)n[nH]2)cc1. The minimum atomic E-state index is -1.01. The molecule has 4 rings (SSSR count). The molecule has 0 fully saturated rings. The number of carbonyl (C=O) groups excluding carboxylic acids is 2. The molecular formula is C22H23N5O2S. The van der Waals surface area contributed by atoms with Gasteiger partial charge in [0.15, 0.2) is 5.82 Å². The highest BCUT2D eigenvalue weighted by Gasteiger charge is 2.44. The Bertz CT molecular complexity index is 1110. The summed E-state index contributed by atoms with van der Waals surface area (Å²) in [6, 6.07) is 15.3. The van der Waals surface area contributed by atoms with Crippen molar-refractivity contribution in [1.29, 1.82) is 0 Å². The first-order chi connectivity index (χ1) is 14.3. The fourth-order valence-electron chi connectivity index (χ4n) is 3.38. The number of hydrogen-bond donors (Lipinski definition) is 2. The number of nitrogens with zero attached hydrogens (tertiary/aromatic N) is 3. The number of aromatic nitrogens is 3. The van der Waals surface area contributed by atoms with Crippen LogP contribution in [0, 0.1) is 6.92 Å². The number of amides is 2. The predicted octanol–water partition coefficient (Wildman–Crippen LogP) is 4.02. The maximum absolute atomic E-state index is 13.4. The van der Waals surface area contributed by atoms with E-state index in [1.807, 2.05) is 49.4 Å². The summed E-state index contributed by atoms with van der Waals surface area (Å²) in [6.45, 7) is 7.32. The van der Waals surface area contributed by atoms with E-state index in [1.165, 1.54) is 17.3 Å². The number of H-pyrrole nitrogens is 1. The lowest BCUT2D eigenvalue weighted by atomic mass is 9.96. The van der Waals surface area contributed by atoms with Crippen LogP contribution in [0.3, 0.4) is 0 Å². The number of rotatable bonds is 4. The smallest absolute Gasteiger partial charge is 0.250 e. The van der Waals surface area contributed by atoms with Crippen molar-refractivity contribution >= 4 is 35.0 Å². The van der Waals surface area contributed by atoms with Crippen molar-refractivity contribution in [2.24, 2.45) is 0 Å². The van der Waals surface area contributed by atoms with E-state index in [1.54, 1.807) is 31.7 Å². The lowest BCUT2D eigenvalue weighted by molar-refractivity contribution is -0.126. The van der Waals surface area contributed by atoms with E-state index in [9.17, 15) is 9.59 Å². The van der Waals surface area contributed by atoms with E-state index < -0.39 is 10.8 Å². The normalized spacial score (nSPS) is 16.0. The van der Waals surface area contributed by atoms with Gasteiger partial charge in [0.1, 0.15) is 5.54 Å². The van der Waals surface area contributed by atoms with Crippen LogP contribution in [0.4, 0.5) is 11.4 Å². The molecular weight excluding hydrogens is 398 g/mol. The lowest BCUT2D eigenvalue weighted by Gasteiger charge is -2.42. The highest BCUT2D eigenvalue weighted by molar-refractivity contribution is 8.00. The van der Waals surface area contributed by atoms with Gasteiger partial charge in [0.2, 0.25) is 17.0 Å². The topological polar surface area (TPSA) is 91.0 Å². The molecule has 154 valence electrons. The van der Waals surface area contributed by atoms with E-state index >= 15 is 0 Å². The van der Waals surface area contributed by atoms with Crippen molar-refractivity contribution in [2.75, 3.05) is 10.2 Å². The molecule has 0 radical (unpaired) electrons. The van der Waals surface area contributed by atoms with Crippen LogP contribution in [0.25, 0.3) is 11.4 Å². The molecule has 30 heavy (non-hydrogen) atoms. The molecule has 2 amide bonds. The van der Waals surface area contributed by atoms with Gasteiger partial charge < -0.3 is 5.32 Å². The first-order valence-corrected chi connectivity index (χ1v) is 10.6. The van der Waals surface area contributed by atoms with Gasteiger partial charge in [-0.05, 0) is 39.8 Å². The first-order valence-electron chi connectivity index (χ1n) is 9.68. The second-order valence-electron chi connectivity index (χ2n) is 7.80. The molecule has 1 atom stereocenters. The monoisotopic (exact) mass is 421 g/mol. The number of aryl methyl sites for hydroxylation is 1. The highest BCUT2D eigenvalue weighted by Crippen LogP contribution is 2.38. The number of carbonyl (C=O) groups is 2. The number of thioether (sulfide) groups is 1. The summed E-state index contributed by atoms with van der Waals surface area (Å²) < 4.78 is 0. The van der Waals surface area contributed by atoms with Crippen molar-refractivity contribution in [3.8, 4) is 11.4 Å². The number of nitrogens with one attached hydrogen (secondary N) is 2. The van der Waals surface area contributed by atoms with Gasteiger partial charge >= 0.3 is 0 Å². The number of anilines is 2. The maximum atomic E-state index is 13.4. The van der Waals surface area contributed by atoms with Gasteiger partial charge in [0, 0.05) is 5.56 Å². The summed E-state index contributed by atoms with van der Waals surface area (Å²) in [5.41, 5.74) is 2.41. The molecule has 1 aliphatic rings. The number of aromatic amines is 1. The first kappa shape index (κ1) is 20.2. The van der Waals surface area contributed by atoms with Crippen LogP contribution in [0.2, 0.25) is 0 Å². The quantitative estimate of drug-likeness (QED) is 0.621. The van der Waals surface area contributed by atoms with Crippen LogP contribution in [0.15, 0.2) is 53.7 Å². The molecule has 2 heterocycles. The molecule has 2 aromatic carbocycles.